The number of nitrogens with zero attached hydrogens (tertiary/aromatic N) is 2. The Morgan fingerprint density at radius 3 is 2.14 bits per heavy atom. The Morgan fingerprint density at radius 1 is 1.19 bits per heavy atom. The molecule has 0 aromatic heterocycles. The normalized spacial score (nSPS) is 16.0. The van der Waals surface area contributed by atoms with E-state index in [9.17, 15) is 5.26 Å². The van der Waals surface area contributed by atoms with Gasteiger partial charge in [-0.2, -0.15) is 5.26 Å². The number of benzene rings is 1. The molecule has 2 N–H and O–H groups in total. The predicted molar refractivity (Wildman–Crippen MR) is 89.3 cm³/mol. The number of nitrogens with two attached hydrogens (primary N) is 1. The van der Waals surface area contributed by atoms with E-state index < -0.39 is 0 Å². The Labute approximate surface area is 128 Å². The molecular weight excluding hydrogens is 258 g/mol. The molecule has 0 spiro atoms. The van der Waals surface area contributed by atoms with Gasteiger partial charge in [-0.1, -0.05) is 33.8 Å². The molecule has 0 heterocycles. The molecule has 0 radical (unpaired) electrons. The highest BCUT2D eigenvalue weighted by Gasteiger charge is 2.45. The van der Waals surface area contributed by atoms with Crippen molar-refractivity contribution in [2.45, 2.75) is 46.0 Å². The quantitative estimate of drug-likeness (QED) is 0.805. The Kier molecular flexibility index (Phi) is 4.46. The van der Waals surface area contributed by atoms with Crippen molar-refractivity contribution in [2.24, 2.45) is 11.8 Å². The van der Waals surface area contributed by atoms with Crippen LogP contribution in [0.3, 0.4) is 0 Å². The summed E-state index contributed by atoms with van der Waals surface area (Å²) in [5, 5.41) is 9.32. The molecule has 21 heavy (non-hydrogen) atoms. The van der Waals surface area contributed by atoms with Crippen LogP contribution >= 0.6 is 0 Å². The molecule has 0 unspecified atom stereocenters. The van der Waals surface area contributed by atoms with Crippen LogP contribution in [0.5, 0.6) is 0 Å². The van der Waals surface area contributed by atoms with Gasteiger partial charge in [0.15, 0.2) is 0 Å². The first-order valence-corrected chi connectivity index (χ1v) is 7.94. The van der Waals surface area contributed by atoms with Crippen molar-refractivity contribution in [3.05, 3.63) is 23.8 Å². The molecule has 1 aliphatic carbocycles. The summed E-state index contributed by atoms with van der Waals surface area (Å²) in [6.07, 6.45) is 1.92. The van der Waals surface area contributed by atoms with Crippen LogP contribution in [0.4, 0.5) is 11.4 Å². The number of rotatable bonds is 6. The second-order valence-corrected chi connectivity index (χ2v) is 7.16. The summed E-state index contributed by atoms with van der Waals surface area (Å²) in [5.41, 5.74) is 9.04. The van der Waals surface area contributed by atoms with Crippen LogP contribution in [-0.4, -0.2) is 13.1 Å². The molecular formula is C18H27N3. The summed E-state index contributed by atoms with van der Waals surface area (Å²) in [6, 6.07) is 8.65. The first kappa shape index (κ1) is 15.7. The van der Waals surface area contributed by atoms with Crippen LogP contribution in [0.15, 0.2) is 18.2 Å². The zero-order chi connectivity index (χ0) is 15.6. The molecule has 0 atom stereocenters. The SMILES string of the molecule is CC(C)CN(CC(C)C)c1ccc(C2(C#N)CC2)cc1N. The average Bonchev–Trinajstić information content (AvgIpc) is 3.17. The molecule has 3 nitrogen and oxygen atoms in total. The minimum absolute atomic E-state index is 0.256. The van der Waals surface area contributed by atoms with Crippen molar-refractivity contribution in [3.63, 3.8) is 0 Å². The summed E-state index contributed by atoms with van der Waals surface area (Å²) in [7, 11) is 0. The predicted octanol–water partition coefficient (Wildman–Crippen LogP) is 3.94. The summed E-state index contributed by atoms with van der Waals surface area (Å²) in [6.45, 7) is 10.9. The lowest BCUT2D eigenvalue weighted by molar-refractivity contribution is 0.553. The van der Waals surface area contributed by atoms with E-state index in [4.69, 9.17) is 5.73 Å². The molecule has 114 valence electrons. The number of anilines is 2. The van der Waals surface area contributed by atoms with E-state index in [0.717, 1.165) is 42.9 Å². The zero-order valence-corrected chi connectivity index (χ0v) is 13.7. The van der Waals surface area contributed by atoms with Gasteiger partial charge in [0.05, 0.1) is 22.9 Å². The maximum absolute atomic E-state index is 9.32. The number of hydrogen-bond acceptors (Lipinski definition) is 3. The molecule has 0 bridgehead atoms. The monoisotopic (exact) mass is 285 g/mol. The van der Waals surface area contributed by atoms with Crippen molar-refractivity contribution in [3.8, 4) is 6.07 Å². The van der Waals surface area contributed by atoms with E-state index in [1.54, 1.807) is 0 Å². The van der Waals surface area contributed by atoms with Gasteiger partial charge in [0.25, 0.3) is 0 Å². The molecule has 1 aromatic rings. The van der Waals surface area contributed by atoms with Crippen molar-refractivity contribution < 1.29 is 0 Å². The van der Waals surface area contributed by atoms with Crippen molar-refractivity contribution >= 4 is 11.4 Å². The highest BCUT2D eigenvalue weighted by atomic mass is 15.1. The third-order valence-corrected chi connectivity index (χ3v) is 4.06. The number of nitriles is 1. The van der Waals surface area contributed by atoms with Gasteiger partial charge in [-0.25, -0.2) is 0 Å². The molecule has 0 saturated heterocycles. The van der Waals surface area contributed by atoms with Gasteiger partial charge in [-0.05, 0) is 42.4 Å². The summed E-state index contributed by atoms with van der Waals surface area (Å²) >= 11 is 0. The maximum atomic E-state index is 9.32. The van der Waals surface area contributed by atoms with Crippen LogP contribution in [0.2, 0.25) is 0 Å². The van der Waals surface area contributed by atoms with E-state index in [1.807, 2.05) is 6.07 Å². The van der Waals surface area contributed by atoms with Crippen LogP contribution in [0, 0.1) is 23.2 Å². The van der Waals surface area contributed by atoms with E-state index in [1.165, 1.54) is 0 Å². The van der Waals surface area contributed by atoms with E-state index in [-0.39, 0.29) is 5.41 Å². The fraction of sp³-hybridized carbons (Fsp3) is 0.611. The van der Waals surface area contributed by atoms with Crippen LogP contribution < -0.4 is 10.6 Å². The molecule has 3 heteroatoms. The molecule has 2 rings (SSSR count). The van der Waals surface area contributed by atoms with Crippen molar-refractivity contribution in [2.75, 3.05) is 23.7 Å². The van der Waals surface area contributed by atoms with Gasteiger partial charge in [-0.3, -0.25) is 0 Å². The number of nitrogen functional groups attached to an aromatic ring is 1. The fourth-order valence-corrected chi connectivity index (χ4v) is 2.88. The first-order chi connectivity index (χ1) is 9.88. The Balaban J connectivity index is 2.27. The highest BCUT2D eigenvalue weighted by molar-refractivity contribution is 5.70. The van der Waals surface area contributed by atoms with Crippen molar-refractivity contribution in [1.82, 2.24) is 0 Å². The molecule has 1 fully saturated rings. The topological polar surface area (TPSA) is 53.0 Å². The van der Waals surface area contributed by atoms with E-state index >= 15 is 0 Å². The molecule has 1 aromatic carbocycles. The van der Waals surface area contributed by atoms with Gasteiger partial charge >= 0.3 is 0 Å². The zero-order valence-electron chi connectivity index (χ0n) is 13.7. The Bertz CT molecular complexity index is 526. The number of hydrogen-bond donors (Lipinski definition) is 1. The van der Waals surface area contributed by atoms with Crippen LogP contribution in [0.25, 0.3) is 0 Å². The Hall–Kier alpha value is -1.69. The van der Waals surface area contributed by atoms with Crippen molar-refractivity contribution in [1.29, 1.82) is 5.26 Å². The summed E-state index contributed by atoms with van der Waals surface area (Å²) < 4.78 is 0. The standard InChI is InChI=1S/C18H27N3/c1-13(2)10-21(11-14(3)4)17-6-5-15(9-16(17)20)18(12-19)7-8-18/h5-6,9,13-14H,7-8,10-11,20H2,1-4H3. The van der Waals surface area contributed by atoms with Gasteiger partial charge in [0.2, 0.25) is 0 Å². The lowest BCUT2D eigenvalue weighted by Gasteiger charge is -2.30. The molecule has 1 saturated carbocycles. The maximum Gasteiger partial charge on any atom is 0.0824 e. The van der Waals surface area contributed by atoms with Crippen LogP contribution in [0.1, 0.15) is 46.1 Å². The largest absolute Gasteiger partial charge is 0.397 e. The average molecular weight is 285 g/mol. The van der Waals surface area contributed by atoms with E-state index in [2.05, 4.69) is 50.8 Å². The second-order valence-electron chi connectivity index (χ2n) is 7.16. The van der Waals surface area contributed by atoms with E-state index in [0.29, 0.717) is 11.8 Å². The highest BCUT2D eigenvalue weighted by Crippen LogP contribution is 2.48. The second kappa shape index (κ2) is 5.97. The van der Waals surface area contributed by atoms with Gasteiger partial charge in [-0.15, -0.1) is 0 Å². The van der Waals surface area contributed by atoms with Gasteiger partial charge < -0.3 is 10.6 Å². The third-order valence-electron chi connectivity index (χ3n) is 4.06. The first-order valence-electron chi connectivity index (χ1n) is 7.94. The lowest BCUT2D eigenvalue weighted by atomic mass is 9.96. The minimum atomic E-state index is -0.256. The summed E-state index contributed by atoms with van der Waals surface area (Å²) in [4.78, 5) is 2.38. The summed E-state index contributed by atoms with van der Waals surface area (Å²) in [5.74, 6) is 1.19. The fourth-order valence-electron chi connectivity index (χ4n) is 2.88. The third kappa shape index (κ3) is 3.50. The molecule has 0 amide bonds. The van der Waals surface area contributed by atoms with Gasteiger partial charge in [0, 0.05) is 13.1 Å². The van der Waals surface area contributed by atoms with Crippen LogP contribution in [-0.2, 0) is 5.41 Å². The molecule has 0 aliphatic heterocycles. The molecule has 1 aliphatic rings. The lowest BCUT2D eigenvalue weighted by Crippen LogP contribution is -2.32. The van der Waals surface area contributed by atoms with Gasteiger partial charge in [0.1, 0.15) is 0 Å². The smallest absolute Gasteiger partial charge is 0.0824 e. The minimum Gasteiger partial charge on any atom is -0.397 e. The Morgan fingerprint density at radius 2 is 1.76 bits per heavy atom.